The lowest BCUT2D eigenvalue weighted by Crippen LogP contribution is -2.28. The molecule has 50 heavy (non-hydrogen) atoms. The number of aliphatic hydroxyl groups excluding tert-OH is 1. The Morgan fingerprint density at radius 1 is 0.460 bits per heavy atom. The minimum Gasteiger partial charge on any atom is -0.462 e. The van der Waals surface area contributed by atoms with E-state index in [1.165, 1.54) is 141 Å². The Hall–Kier alpha value is -1.88. The molecule has 0 aliphatic heterocycles. The van der Waals surface area contributed by atoms with Gasteiger partial charge in [-0.1, -0.05) is 172 Å². The third-order valence-corrected chi connectivity index (χ3v) is 9.41. The normalized spacial score (nSPS) is 12.5. The molecule has 0 saturated carbocycles. The van der Waals surface area contributed by atoms with Gasteiger partial charge in [0.2, 0.25) is 0 Å². The monoisotopic (exact) mass is 703 g/mol. The van der Waals surface area contributed by atoms with Gasteiger partial charge in [0.05, 0.1) is 6.61 Å². The molecule has 0 aromatic heterocycles. The van der Waals surface area contributed by atoms with Crippen molar-refractivity contribution in [2.75, 3.05) is 13.2 Å². The van der Waals surface area contributed by atoms with Crippen molar-refractivity contribution in [3.05, 3.63) is 36.5 Å². The van der Waals surface area contributed by atoms with Crippen LogP contribution in [-0.2, 0) is 19.1 Å². The van der Waals surface area contributed by atoms with Gasteiger partial charge in [0.25, 0.3) is 0 Å². The van der Waals surface area contributed by atoms with E-state index < -0.39 is 6.10 Å². The first kappa shape index (κ1) is 48.1. The molecule has 0 aliphatic rings. The topological polar surface area (TPSA) is 72.8 Å². The van der Waals surface area contributed by atoms with Gasteiger partial charge in [0, 0.05) is 12.8 Å². The van der Waals surface area contributed by atoms with Gasteiger partial charge in [-0.3, -0.25) is 9.59 Å². The molecular formula is C45H82O5. The lowest BCUT2D eigenvalue weighted by atomic mass is 10.1. The first-order valence-corrected chi connectivity index (χ1v) is 21.5. The summed E-state index contributed by atoms with van der Waals surface area (Å²) in [6.07, 6.45) is 50.6. The minimum atomic E-state index is -0.775. The van der Waals surface area contributed by atoms with Crippen LogP contribution < -0.4 is 0 Å². The Balaban J connectivity index is 3.54. The molecule has 0 aliphatic carbocycles. The van der Waals surface area contributed by atoms with Crippen molar-refractivity contribution in [1.29, 1.82) is 0 Å². The number of esters is 2. The highest BCUT2D eigenvalue weighted by molar-refractivity contribution is 5.70. The Bertz CT molecular complexity index is 801. The first-order chi connectivity index (χ1) is 24.6. The van der Waals surface area contributed by atoms with Crippen molar-refractivity contribution in [3.8, 4) is 0 Å². The van der Waals surface area contributed by atoms with Crippen molar-refractivity contribution < 1.29 is 24.2 Å². The van der Waals surface area contributed by atoms with Gasteiger partial charge in [-0.05, 0) is 70.6 Å². The maximum atomic E-state index is 12.2. The summed E-state index contributed by atoms with van der Waals surface area (Å²) in [5.74, 6) is -0.597. The predicted octanol–water partition coefficient (Wildman–Crippen LogP) is 13.6. The highest BCUT2D eigenvalue weighted by Crippen LogP contribution is 2.14. The number of ether oxygens (including phenoxy) is 2. The summed E-state index contributed by atoms with van der Waals surface area (Å²) < 4.78 is 10.6. The summed E-state index contributed by atoms with van der Waals surface area (Å²) in [6.45, 7) is 4.11. The Morgan fingerprint density at radius 3 is 1.24 bits per heavy atom. The van der Waals surface area contributed by atoms with E-state index in [1.807, 2.05) is 0 Å². The molecule has 5 nitrogen and oxygen atoms in total. The average Bonchev–Trinajstić information content (AvgIpc) is 3.12. The van der Waals surface area contributed by atoms with Crippen LogP contribution in [0.3, 0.4) is 0 Å². The number of carbonyl (C=O) groups excluding carboxylic acids is 2. The van der Waals surface area contributed by atoms with E-state index in [0.29, 0.717) is 12.8 Å². The van der Waals surface area contributed by atoms with Crippen LogP contribution in [-0.4, -0.2) is 36.4 Å². The number of hydrogen-bond donors (Lipinski definition) is 1. The fourth-order valence-electron chi connectivity index (χ4n) is 6.11. The maximum absolute atomic E-state index is 12.2. The highest BCUT2D eigenvalue weighted by Gasteiger charge is 2.16. The molecule has 0 amide bonds. The van der Waals surface area contributed by atoms with Crippen LogP contribution in [0.5, 0.6) is 0 Å². The second-order valence-corrected chi connectivity index (χ2v) is 14.4. The zero-order valence-corrected chi connectivity index (χ0v) is 33.2. The third kappa shape index (κ3) is 38.9. The van der Waals surface area contributed by atoms with Crippen LogP contribution >= 0.6 is 0 Å². The summed E-state index contributed by atoms with van der Waals surface area (Å²) in [4.78, 5) is 24.3. The number of unbranched alkanes of at least 4 members (excludes halogenated alkanes) is 25. The quantitative estimate of drug-likeness (QED) is 0.0392. The van der Waals surface area contributed by atoms with E-state index in [0.717, 1.165) is 51.4 Å². The molecular weight excluding hydrogens is 620 g/mol. The van der Waals surface area contributed by atoms with Gasteiger partial charge in [-0.15, -0.1) is 0 Å². The van der Waals surface area contributed by atoms with Gasteiger partial charge in [-0.25, -0.2) is 0 Å². The molecule has 5 heteroatoms. The van der Waals surface area contributed by atoms with E-state index in [-0.39, 0.29) is 25.2 Å². The molecule has 0 saturated heterocycles. The van der Waals surface area contributed by atoms with Crippen LogP contribution in [0.15, 0.2) is 36.5 Å². The molecule has 0 heterocycles. The standard InChI is InChI=1S/C45H82O5/c1-3-5-7-9-11-13-15-17-19-21-22-24-25-27-29-31-33-35-37-39-44(47)49-42-43(41-46)50-45(48)40-38-36-34-32-30-28-26-23-20-18-16-14-12-10-8-6-4-2/h12,14,17-20,43,46H,3-11,13,15-16,21-42H2,1-2H3/b14-12-,19-17-,20-18-/t43-/m0/s1. The summed E-state index contributed by atoms with van der Waals surface area (Å²) in [6, 6.07) is 0. The fourth-order valence-corrected chi connectivity index (χ4v) is 6.11. The maximum Gasteiger partial charge on any atom is 0.306 e. The van der Waals surface area contributed by atoms with E-state index in [1.54, 1.807) is 0 Å². The largest absolute Gasteiger partial charge is 0.462 e. The SMILES string of the molecule is CCCCC/C=C\C/C=C\CCCCCCCCCC(=O)O[C@@H](CO)COC(=O)CCCCCCCCCCC/C=C\CCCCCCCC. The molecule has 0 fully saturated rings. The van der Waals surface area contributed by atoms with Crippen molar-refractivity contribution in [3.63, 3.8) is 0 Å². The predicted molar refractivity (Wildman–Crippen MR) is 214 cm³/mol. The molecule has 0 radical (unpaired) electrons. The van der Waals surface area contributed by atoms with Crippen LogP contribution in [0, 0.1) is 0 Å². The summed E-state index contributed by atoms with van der Waals surface area (Å²) in [5.41, 5.74) is 0. The van der Waals surface area contributed by atoms with Gasteiger partial charge >= 0.3 is 11.9 Å². The number of allylic oxidation sites excluding steroid dienone is 6. The zero-order valence-electron chi connectivity index (χ0n) is 33.2. The smallest absolute Gasteiger partial charge is 0.306 e. The molecule has 0 aromatic rings. The minimum absolute atomic E-state index is 0.0685. The average molecular weight is 703 g/mol. The molecule has 1 atom stereocenters. The van der Waals surface area contributed by atoms with E-state index in [9.17, 15) is 14.7 Å². The van der Waals surface area contributed by atoms with Gasteiger partial charge in [0.1, 0.15) is 6.61 Å². The Kier molecular flexibility index (Phi) is 40.0. The van der Waals surface area contributed by atoms with Crippen LogP contribution in [0.2, 0.25) is 0 Å². The second kappa shape index (κ2) is 41.5. The lowest BCUT2D eigenvalue weighted by Gasteiger charge is -2.15. The number of aliphatic hydroxyl groups is 1. The van der Waals surface area contributed by atoms with Crippen molar-refractivity contribution in [1.82, 2.24) is 0 Å². The Morgan fingerprint density at radius 2 is 0.800 bits per heavy atom. The summed E-state index contributed by atoms with van der Waals surface area (Å²) in [5, 5.41) is 9.57. The van der Waals surface area contributed by atoms with E-state index >= 15 is 0 Å². The lowest BCUT2D eigenvalue weighted by molar-refractivity contribution is -0.161. The second-order valence-electron chi connectivity index (χ2n) is 14.4. The molecule has 0 spiro atoms. The van der Waals surface area contributed by atoms with E-state index in [4.69, 9.17) is 9.47 Å². The van der Waals surface area contributed by atoms with Crippen molar-refractivity contribution >= 4 is 11.9 Å². The van der Waals surface area contributed by atoms with Gasteiger partial charge in [-0.2, -0.15) is 0 Å². The first-order valence-electron chi connectivity index (χ1n) is 21.5. The van der Waals surface area contributed by atoms with Crippen molar-refractivity contribution in [2.24, 2.45) is 0 Å². The molecule has 0 aromatic carbocycles. The fraction of sp³-hybridized carbons (Fsp3) is 0.822. The summed E-state index contributed by atoms with van der Waals surface area (Å²) >= 11 is 0. The van der Waals surface area contributed by atoms with Crippen LogP contribution in [0.1, 0.15) is 219 Å². The molecule has 0 rings (SSSR count). The number of carbonyl (C=O) groups is 2. The van der Waals surface area contributed by atoms with E-state index in [2.05, 4.69) is 50.3 Å². The third-order valence-electron chi connectivity index (χ3n) is 9.41. The Labute approximate surface area is 310 Å². The molecule has 0 bridgehead atoms. The number of hydrogen-bond acceptors (Lipinski definition) is 5. The summed E-state index contributed by atoms with van der Waals surface area (Å²) in [7, 11) is 0. The molecule has 0 unspecified atom stereocenters. The van der Waals surface area contributed by atoms with Crippen molar-refractivity contribution in [2.45, 2.75) is 225 Å². The molecule has 292 valence electrons. The number of rotatable bonds is 39. The van der Waals surface area contributed by atoms with Crippen LogP contribution in [0.25, 0.3) is 0 Å². The van der Waals surface area contributed by atoms with Crippen LogP contribution in [0.4, 0.5) is 0 Å². The zero-order chi connectivity index (χ0) is 36.4. The molecule has 1 N–H and O–H groups in total. The highest BCUT2D eigenvalue weighted by atomic mass is 16.6. The van der Waals surface area contributed by atoms with Gasteiger partial charge in [0.15, 0.2) is 6.10 Å². The van der Waals surface area contributed by atoms with Gasteiger partial charge < -0.3 is 14.6 Å².